The zero-order valence-corrected chi connectivity index (χ0v) is 9.20. The summed E-state index contributed by atoms with van der Waals surface area (Å²) in [5.41, 5.74) is 0.741. The zero-order valence-electron chi connectivity index (χ0n) is 9.20. The second kappa shape index (κ2) is 4.14. The van der Waals surface area contributed by atoms with E-state index in [1.807, 2.05) is 0 Å². The van der Waals surface area contributed by atoms with Crippen molar-refractivity contribution in [1.82, 2.24) is 5.32 Å². The lowest BCUT2D eigenvalue weighted by Gasteiger charge is -2.49. The zero-order chi connectivity index (χ0) is 9.41. The average molecular weight is 201 g/mol. The van der Waals surface area contributed by atoms with Crippen molar-refractivity contribution in [1.29, 1.82) is 0 Å². The van der Waals surface area contributed by atoms with Gasteiger partial charge in [-0.1, -0.05) is 20.8 Å². The second-order valence-corrected chi connectivity index (χ2v) is 5.30. The highest BCUT2D eigenvalue weighted by atomic mass is 28.1. The summed E-state index contributed by atoms with van der Waals surface area (Å²) in [6.07, 6.45) is 3.96. The minimum absolute atomic E-state index is 0. The van der Waals surface area contributed by atoms with Crippen molar-refractivity contribution in [2.45, 2.75) is 65.5 Å². The molecule has 0 spiro atoms. The molecule has 0 saturated carbocycles. The van der Waals surface area contributed by atoms with Gasteiger partial charge in [0.1, 0.15) is 0 Å². The van der Waals surface area contributed by atoms with Crippen molar-refractivity contribution in [2.75, 3.05) is 0 Å². The Morgan fingerprint density at radius 2 is 1.77 bits per heavy atom. The van der Waals surface area contributed by atoms with Crippen LogP contribution in [0.1, 0.15) is 53.9 Å². The van der Waals surface area contributed by atoms with Gasteiger partial charge >= 0.3 is 0 Å². The molecule has 2 heteroatoms. The maximum absolute atomic E-state index is 3.73. The van der Waals surface area contributed by atoms with Crippen LogP contribution in [0.3, 0.4) is 0 Å². The van der Waals surface area contributed by atoms with E-state index in [9.17, 15) is 0 Å². The fourth-order valence-corrected chi connectivity index (χ4v) is 1.93. The molecule has 1 nitrogen and oxygen atoms in total. The Hall–Kier alpha value is 0.177. The quantitative estimate of drug-likeness (QED) is 0.634. The topological polar surface area (TPSA) is 12.0 Å². The van der Waals surface area contributed by atoms with Crippen LogP contribution in [0.2, 0.25) is 0 Å². The Balaban J connectivity index is 0.00000144. The molecule has 0 aromatic heterocycles. The molecule has 1 rings (SSSR count). The predicted octanol–water partition coefficient (Wildman–Crippen LogP) is 1.50. The minimum atomic E-state index is 0. The molecule has 13 heavy (non-hydrogen) atoms. The summed E-state index contributed by atoms with van der Waals surface area (Å²) >= 11 is 0. The molecule has 1 aliphatic rings. The summed E-state index contributed by atoms with van der Waals surface area (Å²) in [6, 6.07) is 0.744. The average Bonchev–Trinajstić information content (AvgIpc) is 1.95. The molecule has 0 aliphatic carbocycles. The van der Waals surface area contributed by atoms with Gasteiger partial charge in [-0.2, -0.15) is 0 Å². The summed E-state index contributed by atoms with van der Waals surface area (Å²) in [7, 11) is 0. The van der Waals surface area contributed by atoms with Crippen LogP contribution in [0.4, 0.5) is 0 Å². The van der Waals surface area contributed by atoms with E-state index < -0.39 is 0 Å². The molecule has 0 radical (unpaired) electrons. The van der Waals surface area contributed by atoms with Crippen molar-refractivity contribution in [3.8, 4) is 0 Å². The van der Waals surface area contributed by atoms with Crippen LogP contribution in [-0.4, -0.2) is 22.5 Å². The van der Waals surface area contributed by atoms with Crippen LogP contribution < -0.4 is 5.32 Å². The number of piperidine rings is 1. The number of hydrogen-bond donors (Lipinski definition) is 1. The van der Waals surface area contributed by atoms with E-state index in [4.69, 9.17) is 0 Å². The van der Waals surface area contributed by atoms with Gasteiger partial charge in [0.15, 0.2) is 0 Å². The van der Waals surface area contributed by atoms with E-state index in [2.05, 4.69) is 39.9 Å². The maximum Gasteiger partial charge on any atom is 0.0178 e. The van der Waals surface area contributed by atoms with E-state index in [1.165, 1.54) is 19.3 Å². The van der Waals surface area contributed by atoms with Gasteiger partial charge in [-0.15, -0.1) is 0 Å². The van der Waals surface area contributed by atoms with Gasteiger partial charge in [-0.05, 0) is 49.5 Å². The van der Waals surface area contributed by atoms with E-state index >= 15 is 0 Å². The highest BCUT2D eigenvalue weighted by Gasteiger charge is 2.41. The fourth-order valence-electron chi connectivity index (χ4n) is 1.93. The standard InChI is InChI=1S/C11H23N.H4Si/c1-6-9-7-8-10(2,3)11(4,5)12-9;/h9,12H,6-8H2,1-5H3;1H4. The summed E-state index contributed by atoms with van der Waals surface area (Å²) in [4.78, 5) is 0. The molecule has 80 valence electrons. The predicted molar refractivity (Wildman–Crippen MR) is 65.6 cm³/mol. The third-order valence-electron chi connectivity index (χ3n) is 3.87. The molecule has 1 N–H and O–H groups in total. The molecule has 1 aliphatic heterocycles. The van der Waals surface area contributed by atoms with Gasteiger partial charge in [-0.3, -0.25) is 0 Å². The third-order valence-corrected chi connectivity index (χ3v) is 3.87. The monoisotopic (exact) mass is 201 g/mol. The molecule has 0 bridgehead atoms. The lowest BCUT2D eigenvalue weighted by atomic mass is 9.67. The van der Waals surface area contributed by atoms with Crippen LogP contribution in [0.15, 0.2) is 0 Å². The summed E-state index contributed by atoms with van der Waals surface area (Å²) < 4.78 is 0. The SMILES string of the molecule is CCC1CCC(C)(C)C(C)(C)N1.[SiH4]. The third kappa shape index (κ3) is 2.56. The van der Waals surface area contributed by atoms with Gasteiger partial charge in [0, 0.05) is 11.6 Å². The van der Waals surface area contributed by atoms with Crippen molar-refractivity contribution >= 4 is 11.0 Å². The first-order valence-corrected chi connectivity index (χ1v) is 5.17. The maximum atomic E-state index is 3.73. The molecule has 0 aromatic rings. The molecule has 0 amide bonds. The normalized spacial score (nSPS) is 30.7. The smallest absolute Gasteiger partial charge is 0.0178 e. The van der Waals surface area contributed by atoms with Crippen LogP contribution >= 0.6 is 0 Å². The summed E-state index contributed by atoms with van der Waals surface area (Å²) in [5.74, 6) is 0. The first-order chi connectivity index (χ1) is 5.39. The molecule has 1 heterocycles. The van der Waals surface area contributed by atoms with Crippen molar-refractivity contribution < 1.29 is 0 Å². The highest BCUT2D eigenvalue weighted by Crippen LogP contribution is 2.39. The molecule has 1 unspecified atom stereocenters. The number of rotatable bonds is 1. The van der Waals surface area contributed by atoms with Crippen molar-refractivity contribution in [3.05, 3.63) is 0 Å². The van der Waals surface area contributed by atoms with Gasteiger partial charge in [0.25, 0.3) is 0 Å². The summed E-state index contributed by atoms with van der Waals surface area (Å²) in [6.45, 7) is 11.7. The second-order valence-electron chi connectivity index (χ2n) is 5.30. The van der Waals surface area contributed by atoms with Gasteiger partial charge in [0.05, 0.1) is 0 Å². The van der Waals surface area contributed by atoms with E-state index in [0.29, 0.717) is 11.0 Å². The van der Waals surface area contributed by atoms with E-state index in [1.54, 1.807) is 0 Å². The molecule has 1 saturated heterocycles. The lowest BCUT2D eigenvalue weighted by molar-refractivity contribution is 0.0758. The van der Waals surface area contributed by atoms with Gasteiger partial charge < -0.3 is 5.32 Å². The molecule has 0 aromatic carbocycles. The Kier molecular flexibility index (Phi) is 4.19. The number of nitrogens with one attached hydrogen (secondary N) is 1. The van der Waals surface area contributed by atoms with Gasteiger partial charge in [0.2, 0.25) is 0 Å². The summed E-state index contributed by atoms with van der Waals surface area (Å²) in [5, 5.41) is 3.73. The van der Waals surface area contributed by atoms with Crippen LogP contribution in [0.5, 0.6) is 0 Å². The first-order valence-electron chi connectivity index (χ1n) is 5.17. The Morgan fingerprint density at radius 3 is 2.15 bits per heavy atom. The Labute approximate surface area is 87.7 Å². The Morgan fingerprint density at radius 1 is 1.23 bits per heavy atom. The fraction of sp³-hybridized carbons (Fsp3) is 1.00. The first kappa shape index (κ1) is 13.2. The van der Waals surface area contributed by atoms with Crippen molar-refractivity contribution in [3.63, 3.8) is 0 Å². The number of hydrogen-bond acceptors (Lipinski definition) is 1. The molecular formula is C11H27NSi. The molecular weight excluding hydrogens is 174 g/mol. The Bertz CT molecular complexity index is 163. The highest BCUT2D eigenvalue weighted by molar-refractivity contribution is 5.75. The van der Waals surface area contributed by atoms with Crippen LogP contribution in [0, 0.1) is 5.41 Å². The van der Waals surface area contributed by atoms with Crippen LogP contribution in [-0.2, 0) is 0 Å². The molecule has 1 fully saturated rings. The lowest BCUT2D eigenvalue weighted by Crippen LogP contribution is -2.58. The van der Waals surface area contributed by atoms with Gasteiger partial charge in [-0.25, -0.2) is 0 Å². The van der Waals surface area contributed by atoms with Crippen molar-refractivity contribution in [2.24, 2.45) is 5.41 Å². The van der Waals surface area contributed by atoms with E-state index in [0.717, 1.165) is 6.04 Å². The van der Waals surface area contributed by atoms with Crippen LogP contribution in [0.25, 0.3) is 0 Å². The largest absolute Gasteiger partial charge is 0.309 e. The molecule has 1 atom stereocenters. The van der Waals surface area contributed by atoms with E-state index in [-0.39, 0.29) is 11.0 Å². The minimum Gasteiger partial charge on any atom is -0.309 e.